The van der Waals surface area contributed by atoms with Crippen LogP contribution in [0.3, 0.4) is 0 Å². The third-order valence-corrected chi connectivity index (χ3v) is 6.21. The lowest BCUT2D eigenvalue weighted by Crippen LogP contribution is -2.36. The van der Waals surface area contributed by atoms with Gasteiger partial charge in [0.1, 0.15) is 0 Å². The van der Waals surface area contributed by atoms with Gasteiger partial charge in [-0.25, -0.2) is 0 Å². The van der Waals surface area contributed by atoms with E-state index in [1.54, 1.807) is 29.2 Å². The van der Waals surface area contributed by atoms with E-state index in [0.717, 1.165) is 11.3 Å². The van der Waals surface area contributed by atoms with Crippen molar-refractivity contribution < 1.29 is 18.7 Å². The van der Waals surface area contributed by atoms with Crippen molar-refractivity contribution in [3.63, 3.8) is 0 Å². The molecule has 0 saturated carbocycles. The summed E-state index contributed by atoms with van der Waals surface area (Å²) in [6.45, 7) is 1.13. The number of aromatic nitrogens is 4. The lowest BCUT2D eigenvalue weighted by molar-refractivity contribution is 0.0733. The quantitative estimate of drug-likeness (QED) is 0.457. The number of benzene rings is 2. The highest BCUT2D eigenvalue weighted by molar-refractivity contribution is 6.33. The van der Waals surface area contributed by atoms with Crippen molar-refractivity contribution in [1.82, 2.24) is 24.9 Å². The minimum atomic E-state index is -0.0870. The molecule has 0 atom stereocenters. The van der Waals surface area contributed by atoms with Crippen LogP contribution in [0.2, 0.25) is 5.02 Å². The third kappa shape index (κ3) is 3.32. The van der Waals surface area contributed by atoms with Gasteiger partial charge in [0.2, 0.25) is 12.7 Å². The summed E-state index contributed by atoms with van der Waals surface area (Å²) in [6.07, 6.45) is 0.667. The Morgan fingerprint density at radius 1 is 1.06 bits per heavy atom. The van der Waals surface area contributed by atoms with Crippen LogP contribution in [0.4, 0.5) is 0 Å². The van der Waals surface area contributed by atoms with E-state index in [4.69, 9.17) is 25.5 Å². The number of carbonyl (C=O) groups is 1. The molecule has 0 spiro atoms. The zero-order valence-electron chi connectivity index (χ0n) is 17.6. The van der Waals surface area contributed by atoms with Gasteiger partial charge in [0.25, 0.3) is 11.8 Å². The number of nitrogens with zero attached hydrogens (tertiary/aromatic N) is 5. The van der Waals surface area contributed by atoms with E-state index in [0.29, 0.717) is 64.6 Å². The Labute approximate surface area is 193 Å². The average Bonchev–Trinajstić information content (AvgIpc) is 3.57. The number of ether oxygens (including phenoxy) is 2. The standard InChI is InChI=1S/C23H18ClN5O4/c1-28-17-8-9-29(23(30)13-6-7-18-19(10-13)32-12-31-18)11-15(17)20(27-28)22-26-25-21(33-22)14-4-2-3-5-16(14)24/h2-7,10H,8-9,11-12H2,1H3. The molecular weight excluding hydrogens is 446 g/mol. The summed E-state index contributed by atoms with van der Waals surface area (Å²) < 4.78 is 18.5. The summed E-state index contributed by atoms with van der Waals surface area (Å²) in [5.74, 6) is 1.75. The highest BCUT2D eigenvalue weighted by Gasteiger charge is 2.30. The maximum atomic E-state index is 13.2. The summed E-state index contributed by atoms with van der Waals surface area (Å²) in [4.78, 5) is 15.0. The molecule has 0 saturated heterocycles. The first-order valence-electron chi connectivity index (χ1n) is 10.4. The van der Waals surface area contributed by atoms with Gasteiger partial charge in [-0.05, 0) is 30.3 Å². The molecule has 166 valence electrons. The van der Waals surface area contributed by atoms with Crippen molar-refractivity contribution in [1.29, 1.82) is 0 Å². The first kappa shape index (κ1) is 19.8. The average molecular weight is 464 g/mol. The topological polar surface area (TPSA) is 95.5 Å². The summed E-state index contributed by atoms with van der Waals surface area (Å²) in [7, 11) is 1.88. The number of fused-ring (bicyclic) bond motifs is 2. The number of hydrogen-bond donors (Lipinski definition) is 0. The van der Waals surface area contributed by atoms with Gasteiger partial charge in [-0.15, -0.1) is 10.2 Å². The van der Waals surface area contributed by atoms with Gasteiger partial charge in [-0.2, -0.15) is 5.10 Å². The van der Waals surface area contributed by atoms with E-state index in [1.165, 1.54) is 0 Å². The maximum absolute atomic E-state index is 13.2. The number of amides is 1. The van der Waals surface area contributed by atoms with Crippen LogP contribution >= 0.6 is 11.6 Å². The summed E-state index contributed by atoms with van der Waals surface area (Å²) in [5.41, 5.74) is 3.71. The van der Waals surface area contributed by atoms with Gasteiger partial charge in [0.05, 0.1) is 17.1 Å². The van der Waals surface area contributed by atoms with Crippen LogP contribution in [-0.2, 0) is 20.0 Å². The van der Waals surface area contributed by atoms with Gasteiger partial charge in [-0.3, -0.25) is 9.48 Å². The van der Waals surface area contributed by atoms with Gasteiger partial charge in [-0.1, -0.05) is 23.7 Å². The Hall–Kier alpha value is -3.85. The van der Waals surface area contributed by atoms with Crippen LogP contribution < -0.4 is 9.47 Å². The SMILES string of the molecule is Cn1nc(-c2nnc(-c3ccccc3Cl)o2)c2c1CCN(C(=O)c1ccc3c(c1)OCO3)C2. The molecule has 4 heterocycles. The molecule has 0 unspecified atom stereocenters. The second-order valence-electron chi connectivity index (χ2n) is 7.83. The van der Waals surface area contributed by atoms with Gasteiger partial charge in [0, 0.05) is 36.8 Å². The van der Waals surface area contributed by atoms with E-state index in [1.807, 2.05) is 29.9 Å². The van der Waals surface area contributed by atoms with E-state index in [-0.39, 0.29) is 12.7 Å². The smallest absolute Gasteiger partial charge is 0.268 e. The second-order valence-corrected chi connectivity index (χ2v) is 8.24. The first-order chi connectivity index (χ1) is 16.1. The highest BCUT2D eigenvalue weighted by atomic mass is 35.5. The largest absolute Gasteiger partial charge is 0.454 e. The second kappa shape index (κ2) is 7.63. The number of rotatable bonds is 3. The molecule has 2 aromatic heterocycles. The van der Waals surface area contributed by atoms with Gasteiger partial charge in [0.15, 0.2) is 17.2 Å². The monoisotopic (exact) mass is 463 g/mol. The molecule has 0 aliphatic carbocycles. The van der Waals surface area contributed by atoms with Crippen LogP contribution in [-0.4, -0.2) is 44.1 Å². The fraction of sp³-hybridized carbons (Fsp3) is 0.217. The molecule has 2 aliphatic rings. The van der Waals surface area contributed by atoms with Crippen LogP contribution in [0.25, 0.3) is 23.0 Å². The molecule has 4 aromatic rings. The number of carbonyl (C=O) groups excluding carboxylic acids is 1. The summed E-state index contributed by atoms with van der Waals surface area (Å²) in [5, 5.41) is 13.5. The molecule has 1 amide bonds. The zero-order valence-corrected chi connectivity index (χ0v) is 18.4. The van der Waals surface area contributed by atoms with Crippen molar-refractivity contribution in [2.75, 3.05) is 13.3 Å². The van der Waals surface area contributed by atoms with Crippen LogP contribution in [0.5, 0.6) is 11.5 Å². The van der Waals surface area contributed by atoms with E-state index < -0.39 is 0 Å². The highest BCUT2D eigenvalue weighted by Crippen LogP contribution is 2.35. The fourth-order valence-electron chi connectivity index (χ4n) is 4.21. The van der Waals surface area contributed by atoms with E-state index in [2.05, 4.69) is 15.3 Å². The van der Waals surface area contributed by atoms with Crippen LogP contribution in [0.1, 0.15) is 21.6 Å². The van der Waals surface area contributed by atoms with Crippen LogP contribution in [0, 0.1) is 0 Å². The van der Waals surface area contributed by atoms with Crippen molar-refractivity contribution >= 4 is 17.5 Å². The van der Waals surface area contributed by atoms with Crippen molar-refractivity contribution in [2.45, 2.75) is 13.0 Å². The Morgan fingerprint density at radius 2 is 1.88 bits per heavy atom. The number of aryl methyl sites for hydroxylation is 1. The maximum Gasteiger partial charge on any atom is 0.268 e. The Bertz CT molecular complexity index is 1400. The normalized spacial score (nSPS) is 14.4. The van der Waals surface area contributed by atoms with Crippen molar-refractivity contribution in [3.05, 3.63) is 64.3 Å². The molecule has 0 fully saturated rings. The minimum Gasteiger partial charge on any atom is -0.454 e. The Balaban J connectivity index is 1.31. The summed E-state index contributed by atoms with van der Waals surface area (Å²) in [6, 6.07) is 12.5. The molecule has 0 radical (unpaired) electrons. The van der Waals surface area contributed by atoms with Crippen molar-refractivity contribution in [3.8, 4) is 34.5 Å². The lowest BCUT2D eigenvalue weighted by Gasteiger charge is -2.27. The molecule has 2 aromatic carbocycles. The van der Waals surface area contributed by atoms with Crippen molar-refractivity contribution in [2.24, 2.45) is 7.05 Å². The predicted octanol–water partition coefficient (Wildman–Crippen LogP) is 3.72. The lowest BCUT2D eigenvalue weighted by atomic mass is 10.0. The van der Waals surface area contributed by atoms with Crippen LogP contribution in [0.15, 0.2) is 46.9 Å². The number of hydrogen-bond acceptors (Lipinski definition) is 7. The molecular formula is C23H18ClN5O4. The third-order valence-electron chi connectivity index (χ3n) is 5.88. The first-order valence-corrected chi connectivity index (χ1v) is 10.8. The molecule has 0 N–H and O–H groups in total. The molecule has 2 aliphatic heterocycles. The van der Waals surface area contributed by atoms with E-state index >= 15 is 0 Å². The fourth-order valence-corrected chi connectivity index (χ4v) is 4.43. The molecule has 0 bridgehead atoms. The zero-order chi connectivity index (χ0) is 22.5. The Morgan fingerprint density at radius 3 is 2.76 bits per heavy atom. The number of halogens is 1. The Kier molecular flexibility index (Phi) is 4.58. The molecule has 33 heavy (non-hydrogen) atoms. The van der Waals surface area contributed by atoms with Gasteiger partial charge < -0.3 is 18.8 Å². The molecule has 9 nitrogen and oxygen atoms in total. The molecule has 10 heteroatoms. The predicted molar refractivity (Wildman–Crippen MR) is 118 cm³/mol. The molecule has 6 rings (SSSR count). The van der Waals surface area contributed by atoms with E-state index in [9.17, 15) is 4.79 Å². The summed E-state index contributed by atoms with van der Waals surface area (Å²) >= 11 is 6.27. The van der Waals surface area contributed by atoms with Gasteiger partial charge >= 0.3 is 0 Å². The minimum absolute atomic E-state index is 0.0870.